The molecule has 1 aliphatic heterocycles. The number of aromatic nitrogens is 2. The molecule has 2 rings (SSSR count). The highest BCUT2D eigenvalue weighted by molar-refractivity contribution is 5.57. The molecule has 1 aliphatic rings. The quantitative estimate of drug-likeness (QED) is 0.578. The first-order chi connectivity index (χ1) is 9.60. The Bertz CT molecular complexity index is 490. The topological polar surface area (TPSA) is 111 Å². The van der Waals surface area contributed by atoms with Crippen LogP contribution in [0.4, 0.5) is 17.5 Å². The van der Waals surface area contributed by atoms with Crippen LogP contribution in [0.1, 0.15) is 6.42 Å². The van der Waals surface area contributed by atoms with Gasteiger partial charge < -0.3 is 20.1 Å². The van der Waals surface area contributed by atoms with E-state index in [1.807, 2.05) is 0 Å². The van der Waals surface area contributed by atoms with Crippen LogP contribution in [0.3, 0.4) is 0 Å². The van der Waals surface area contributed by atoms with Crippen molar-refractivity contribution in [1.82, 2.24) is 9.97 Å². The lowest BCUT2D eigenvalue weighted by Crippen LogP contribution is -2.39. The van der Waals surface area contributed by atoms with Gasteiger partial charge in [0.25, 0.3) is 0 Å². The molecule has 9 nitrogen and oxygen atoms in total. The minimum atomic E-state index is -0.521. The predicted molar refractivity (Wildman–Crippen MR) is 71.9 cm³/mol. The van der Waals surface area contributed by atoms with Crippen LogP contribution < -0.4 is 10.6 Å². The number of methoxy groups -OCH3 is 1. The number of rotatable bonds is 6. The number of nitrogens with one attached hydrogen (secondary N) is 2. The second-order valence-electron chi connectivity index (χ2n) is 4.48. The second-order valence-corrected chi connectivity index (χ2v) is 4.48. The maximum absolute atomic E-state index is 11.0. The van der Waals surface area contributed by atoms with Crippen molar-refractivity contribution in [2.24, 2.45) is 0 Å². The van der Waals surface area contributed by atoms with Crippen LogP contribution in [0.5, 0.6) is 0 Å². The highest BCUT2D eigenvalue weighted by Gasteiger charge is 2.35. The average Bonchev–Trinajstić information content (AvgIpc) is 2.94. The van der Waals surface area contributed by atoms with Crippen molar-refractivity contribution < 1.29 is 14.4 Å². The van der Waals surface area contributed by atoms with Crippen molar-refractivity contribution in [3.05, 3.63) is 16.3 Å². The molecule has 20 heavy (non-hydrogen) atoms. The largest absolute Gasteiger partial charge is 0.378 e. The lowest BCUT2D eigenvalue weighted by Gasteiger charge is -2.26. The van der Waals surface area contributed by atoms with Crippen molar-refractivity contribution in [1.29, 1.82) is 0 Å². The van der Waals surface area contributed by atoms with Gasteiger partial charge in [-0.25, -0.2) is 4.98 Å². The summed E-state index contributed by atoms with van der Waals surface area (Å²) in [4.78, 5) is 18.4. The highest BCUT2D eigenvalue weighted by Crippen LogP contribution is 2.26. The van der Waals surface area contributed by atoms with E-state index in [-0.39, 0.29) is 11.5 Å². The number of nitro groups is 1. The molecular weight excluding hydrogens is 266 g/mol. The predicted octanol–water partition coefficient (Wildman–Crippen LogP) is 0.644. The van der Waals surface area contributed by atoms with E-state index in [0.717, 1.165) is 6.42 Å². The molecule has 0 aromatic carbocycles. The zero-order valence-electron chi connectivity index (χ0n) is 11.4. The average molecular weight is 283 g/mol. The van der Waals surface area contributed by atoms with Gasteiger partial charge in [-0.3, -0.25) is 10.1 Å². The van der Waals surface area contributed by atoms with Crippen LogP contribution in [-0.4, -0.2) is 54.4 Å². The van der Waals surface area contributed by atoms with Gasteiger partial charge in [0.15, 0.2) is 0 Å². The first-order valence-corrected chi connectivity index (χ1v) is 6.16. The first kappa shape index (κ1) is 14.4. The molecule has 0 saturated carbocycles. The number of ether oxygens (including phenoxy) is 2. The summed E-state index contributed by atoms with van der Waals surface area (Å²) in [5.41, 5.74) is -0.646. The SMILES string of the molecule is CNc1ncc([N+](=O)[O-])c(NCC2(OC)CCOC2)n1. The lowest BCUT2D eigenvalue weighted by molar-refractivity contribution is -0.384. The molecule has 2 heterocycles. The molecule has 1 aromatic rings. The molecule has 0 aliphatic carbocycles. The fourth-order valence-electron chi connectivity index (χ4n) is 1.97. The molecule has 0 spiro atoms. The summed E-state index contributed by atoms with van der Waals surface area (Å²) in [6, 6.07) is 0. The summed E-state index contributed by atoms with van der Waals surface area (Å²) < 4.78 is 10.8. The lowest BCUT2D eigenvalue weighted by atomic mass is 10.0. The van der Waals surface area contributed by atoms with E-state index in [0.29, 0.717) is 25.7 Å². The highest BCUT2D eigenvalue weighted by atomic mass is 16.6. The molecule has 110 valence electrons. The van der Waals surface area contributed by atoms with E-state index < -0.39 is 10.5 Å². The maximum Gasteiger partial charge on any atom is 0.329 e. The molecule has 0 amide bonds. The van der Waals surface area contributed by atoms with Gasteiger partial charge in [0.1, 0.15) is 11.8 Å². The number of nitrogens with zero attached hydrogens (tertiary/aromatic N) is 3. The van der Waals surface area contributed by atoms with Crippen molar-refractivity contribution >= 4 is 17.5 Å². The van der Waals surface area contributed by atoms with Gasteiger partial charge in [0, 0.05) is 33.7 Å². The third kappa shape index (κ3) is 2.94. The zero-order chi connectivity index (χ0) is 14.6. The van der Waals surface area contributed by atoms with E-state index in [4.69, 9.17) is 9.47 Å². The molecule has 1 unspecified atom stereocenters. The molecule has 0 radical (unpaired) electrons. The van der Waals surface area contributed by atoms with Crippen LogP contribution in [0, 0.1) is 10.1 Å². The molecule has 0 bridgehead atoms. The van der Waals surface area contributed by atoms with Crippen molar-refractivity contribution in [3.63, 3.8) is 0 Å². The van der Waals surface area contributed by atoms with Crippen molar-refractivity contribution in [2.45, 2.75) is 12.0 Å². The van der Waals surface area contributed by atoms with E-state index >= 15 is 0 Å². The summed E-state index contributed by atoms with van der Waals surface area (Å²) in [6.45, 7) is 1.45. The van der Waals surface area contributed by atoms with Gasteiger partial charge in [0.2, 0.25) is 11.8 Å². The normalized spacial score (nSPS) is 21.7. The van der Waals surface area contributed by atoms with Gasteiger partial charge in [-0.15, -0.1) is 0 Å². The molecule has 9 heteroatoms. The van der Waals surface area contributed by atoms with E-state index in [2.05, 4.69) is 20.6 Å². The molecular formula is C11H17N5O4. The second kappa shape index (κ2) is 5.97. The number of hydrogen-bond acceptors (Lipinski definition) is 8. The van der Waals surface area contributed by atoms with Gasteiger partial charge in [-0.05, 0) is 0 Å². The Balaban J connectivity index is 2.16. The molecule has 1 saturated heterocycles. The molecule has 2 N–H and O–H groups in total. The number of anilines is 2. The Morgan fingerprint density at radius 2 is 2.45 bits per heavy atom. The Morgan fingerprint density at radius 1 is 1.65 bits per heavy atom. The Hall–Kier alpha value is -2.00. The minimum Gasteiger partial charge on any atom is -0.378 e. The number of hydrogen-bond donors (Lipinski definition) is 2. The smallest absolute Gasteiger partial charge is 0.329 e. The third-order valence-corrected chi connectivity index (χ3v) is 3.27. The summed E-state index contributed by atoms with van der Waals surface area (Å²) >= 11 is 0. The Morgan fingerprint density at radius 3 is 3.00 bits per heavy atom. The summed E-state index contributed by atoms with van der Waals surface area (Å²) in [5.74, 6) is 0.477. The van der Waals surface area contributed by atoms with Gasteiger partial charge in [-0.1, -0.05) is 0 Å². The van der Waals surface area contributed by atoms with Gasteiger partial charge in [0.05, 0.1) is 11.5 Å². The van der Waals surface area contributed by atoms with Gasteiger partial charge in [-0.2, -0.15) is 4.98 Å². The summed E-state index contributed by atoms with van der Waals surface area (Å²) in [7, 11) is 3.25. The summed E-state index contributed by atoms with van der Waals surface area (Å²) in [5, 5.41) is 16.7. The van der Waals surface area contributed by atoms with E-state index in [9.17, 15) is 10.1 Å². The molecule has 1 atom stereocenters. The standard InChI is InChI=1S/C11H17N5O4/c1-12-10-13-5-8(16(17)18)9(15-10)14-6-11(19-2)3-4-20-7-11/h5H,3-4,6-7H2,1-2H3,(H2,12,13,14,15). The van der Waals surface area contributed by atoms with Crippen LogP contribution in [0.25, 0.3) is 0 Å². The van der Waals surface area contributed by atoms with Crippen LogP contribution in [-0.2, 0) is 9.47 Å². The van der Waals surface area contributed by atoms with Gasteiger partial charge >= 0.3 is 5.69 Å². The Labute approximate surface area is 115 Å². The fraction of sp³-hybridized carbons (Fsp3) is 0.636. The maximum atomic E-state index is 11.0. The van der Waals surface area contributed by atoms with Crippen molar-refractivity contribution in [3.8, 4) is 0 Å². The third-order valence-electron chi connectivity index (χ3n) is 3.27. The van der Waals surface area contributed by atoms with Crippen molar-refractivity contribution in [2.75, 3.05) is 44.5 Å². The van der Waals surface area contributed by atoms with Crippen LogP contribution in [0.2, 0.25) is 0 Å². The van der Waals surface area contributed by atoms with E-state index in [1.165, 1.54) is 6.20 Å². The summed E-state index contributed by atoms with van der Waals surface area (Å²) in [6.07, 6.45) is 1.90. The zero-order valence-corrected chi connectivity index (χ0v) is 11.4. The van der Waals surface area contributed by atoms with Crippen LogP contribution in [0.15, 0.2) is 6.20 Å². The monoisotopic (exact) mass is 283 g/mol. The molecule has 1 fully saturated rings. The minimum absolute atomic E-state index is 0.165. The fourth-order valence-corrected chi connectivity index (χ4v) is 1.97. The Kier molecular flexibility index (Phi) is 4.30. The van der Waals surface area contributed by atoms with Crippen LogP contribution >= 0.6 is 0 Å². The molecule has 1 aromatic heterocycles. The van der Waals surface area contributed by atoms with E-state index in [1.54, 1.807) is 14.2 Å². The first-order valence-electron chi connectivity index (χ1n) is 6.16.